The lowest BCUT2D eigenvalue weighted by Gasteiger charge is -2.12. The van der Waals surface area contributed by atoms with Crippen LogP contribution in [0.25, 0.3) is 0 Å². The molecule has 20 heavy (non-hydrogen) atoms. The van der Waals surface area contributed by atoms with Crippen molar-refractivity contribution in [3.63, 3.8) is 0 Å². The van der Waals surface area contributed by atoms with Gasteiger partial charge in [-0.3, -0.25) is 9.36 Å². The summed E-state index contributed by atoms with van der Waals surface area (Å²) >= 11 is 0. The van der Waals surface area contributed by atoms with Gasteiger partial charge in [-0.2, -0.15) is 10.2 Å². The number of hydrogen-bond donors (Lipinski definition) is 1. The van der Waals surface area contributed by atoms with Crippen molar-refractivity contribution < 1.29 is 0 Å². The van der Waals surface area contributed by atoms with Gasteiger partial charge in [-0.25, -0.2) is 0 Å². The molecule has 0 amide bonds. The highest BCUT2D eigenvalue weighted by atomic mass is 15.3. The van der Waals surface area contributed by atoms with Gasteiger partial charge in [0.2, 0.25) is 0 Å². The van der Waals surface area contributed by atoms with Crippen LogP contribution in [0.1, 0.15) is 34.8 Å². The van der Waals surface area contributed by atoms with Crippen LogP contribution in [-0.4, -0.2) is 25.6 Å². The lowest BCUT2D eigenvalue weighted by molar-refractivity contribution is 0.576. The summed E-state index contributed by atoms with van der Waals surface area (Å²) in [6.45, 7) is 6.20. The molecule has 2 N–H and O–H groups in total. The van der Waals surface area contributed by atoms with E-state index < -0.39 is 0 Å². The van der Waals surface area contributed by atoms with E-state index in [1.54, 1.807) is 0 Å². The first kappa shape index (κ1) is 14.8. The molecule has 2 aromatic rings. The maximum Gasteiger partial charge on any atom is 0.0628 e. The SMILES string of the molecule is Cc1cc(CC(N)CCc2c(C)nn(C)c2C)n(C)n1. The third-order valence-electron chi connectivity index (χ3n) is 3.99. The zero-order chi connectivity index (χ0) is 14.9. The molecule has 0 aliphatic carbocycles. The third-order valence-corrected chi connectivity index (χ3v) is 3.99. The van der Waals surface area contributed by atoms with E-state index in [0.717, 1.165) is 30.7 Å². The van der Waals surface area contributed by atoms with Gasteiger partial charge in [0.1, 0.15) is 0 Å². The average molecular weight is 275 g/mol. The topological polar surface area (TPSA) is 61.7 Å². The van der Waals surface area contributed by atoms with Crippen molar-refractivity contribution in [2.75, 3.05) is 0 Å². The molecule has 2 aromatic heterocycles. The van der Waals surface area contributed by atoms with E-state index in [1.165, 1.54) is 17.0 Å². The monoisotopic (exact) mass is 275 g/mol. The lowest BCUT2D eigenvalue weighted by Crippen LogP contribution is -2.24. The Balaban J connectivity index is 1.95. The van der Waals surface area contributed by atoms with E-state index in [1.807, 2.05) is 30.4 Å². The second-order valence-electron chi connectivity index (χ2n) is 5.68. The van der Waals surface area contributed by atoms with Gasteiger partial charge >= 0.3 is 0 Å². The minimum atomic E-state index is 0.156. The Hall–Kier alpha value is -1.62. The summed E-state index contributed by atoms with van der Waals surface area (Å²) in [6.07, 6.45) is 2.83. The van der Waals surface area contributed by atoms with Crippen LogP contribution in [0, 0.1) is 20.8 Å². The van der Waals surface area contributed by atoms with E-state index in [2.05, 4.69) is 30.1 Å². The molecule has 0 saturated heterocycles. The molecule has 1 unspecified atom stereocenters. The largest absolute Gasteiger partial charge is 0.327 e. The lowest BCUT2D eigenvalue weighted by atomic mass is 10.0. The minimum Gasteiger partial charge on any atom is -0.327 e. The Morgan fingerprint density at radius 1 is 1.15 bits per heavy atom. The summed E-state index contributed by atoms with van der Waals surface area (Å²) in [5.41, 5.74) is 12.2. The van der Waals surface area contributed by atoms with E-state index in [-0.39, 0.29) is 6.04 Å². The van der Waals surface area contributed by atoms with Crippen LogP contribution in [0.15, 0.2) is 6.07 Å². The van der Waals surface area contributed by atoms with Crippen molar-refractivity contribution in [2.45, 2.75) is 46.1 Å². The first-order valence-electron chi connectivity index (χ1n) is 7.12. The Bertz CT molecular complexity index is 594. The molecular formula is C15H25N5. The zero-order valence-corrected chi connectivity index (χ0v) is 13.1. The van der Waals surface area contributed by atoms with Gasteiger partial charge in [0.25, 0.3) is 0 Å². The molecule has 0 spiro atoms. The molecule has 0 aromatic carbocycles. The van der Waals surface area contributed by atoms with Crippen molar-refractivity contribution in [1.29, 1.82) is 0 Å². The molecule has 110 valence electrons. The molecule has 0 aliphatic rings. The molecule has 0 aliphatic heterocycles. The fourth-order valence-corrected chi connectivity index (χ4v) is 2.73. The number of aryl methyl sites for hydroxylation is 4. The predicted molar refractivity (Wildman–Crippen MR) is 80.6 cm³/mol. The number of rotatable bonds is 5. The Morgan fingerprint density at radius 2 is 1.85 bits per heavy atom. The second-order valence-corrected chi connectivity index (χ2v) is 5.68. The van der Waals surface area contributed by atoms with Crippen LogP contribution in [-0.2, 0) is 26.9 Å². The van der Waals surface area contributed by atoms with Gasteiger partial charge in [0, 0.05) is 37.9 Å². The molecule has 0 radical (unpaired) electrons. The molecule has 1 atom stereocenters. The highest BCUT2D eigenvalue weighted by Gasteiger charge is 2.13. The fourth-order valence-electron chi connectivity index (χ4n) is 2.73. The maximum atomic E-state index is 6.27. The van der Waals surface area contributed by atoms with Gasteiger partial charge in [-0.05, 0) is 45.2 Å². The standard InChI is InChI=1S/C15H25N5/c1-10-8-14(20(5)17-10)9-13(16)6-7-15-11(2)18-19(4)12(15)3/h8,13H,6-7,9,16H2,1-5H3. The van der Waals surface area contributed by atoms with Crippen LogP contribution in [0.2, 0.25) is 0 Å². The third kappa shape index (κ3) is 3.10. The number of hydrogen-bond acceptors (Lipinski definition) is 3. The second kappa shape index (κ2) is 5.79. The minimum absolute atomic E-state index is 0.156. The van der Waals surface area contributed by atoms with Crippen molar-refractivity contribution in [3.05, 3.63) is 34.4 Å². The van der Waals surface area contributed by atoms with Gasteiger partial charge in [0.15, 0.2) is 0 Å². The number of nitrogens with zero attached hydrogens (tertiary/aromatic N) is 4. The molecular weight excluding hydrogens is 250 g/mol. The highest BCUT2D eigenvalue weighted by Crippen LogP contribution is 2.16. The van der Waals surface area contributed by atoms with Gasteiger partial charge < -0.3 is 5.73 Å². The summed E-state index contributed by atoms with van der Waals surface area (Å²) in [5.74, 6) is 0. The molecule has 2 rings (SSSR count). The van der Waals surface area contributed by atoms with Crippen LogP contribution in [0.5, 0.6) is 0 Å². The van der Waals surface area contributed by atoms with E-state index >= 15 is 0 Å². The summed E-state index contributed by atoms with van der Waals surface area (Å²) in [4.78, 5) is 0. The molecule has 5 nitrogen and oxygen atoms in total. The van der Waals surface area contributed by atoms with Gasteiger partial charge in [0.05, 0.1) is 11.4 Å². The first-order chi connectivity index (χ1) is 9.38. The number of nitrogens with two attached hydrogens (primary N) is 1. The molecule has 5 heteroatoms. The molecule has 2 heterocycles. The highest BCUT2D eigenvalue weighted by molar-refractivity contribution is 5.24. The van der Waals surface area contributed by atoms with Crippen molar-refractivity contribution in [1.82, 2.24) is 19.6 Å². The summed E-state index contributed by atoms with van der Waals surface area (Å²) in [5, 5.41) is 8.81. The predicted octanol–water partition coefficient (Wildman–Crippen LogP) is 1.58. The van der Waals surface area contributed by atoms with Gasteiger partial charge in [-0.1, -0.05) is 0 Å². The maximum absolute atomic E-state index is 6.27. The van der Waals surface area contributed by atoms with Crippen molar-refractivity contribution in [2.24, 2.45) is 19.8 Å². The van der Waals surface area contributed by atoms with Crippen molar-refractivity contribution in [3.8, 4) is 0 Å². The van der Waals surface area contributed by atoms with Crippen LogP contribution >= 0.6 is 0 Å². The smallest absolute Gasteiger partial charge is 0.0628 e. The van der Waals surface area contributed by atoms with Crippen LogP contribution in [0.3, 0.4) is 0 Å². The summed E-state index contributed by atoms with van der Waals surface area (Å²) < 4.78 is 3.87. The quantitative estimate of drug-likeness (QED) is 0.901. The Kier molecular flexibility index (Phi) is 4.28. The van der Waals surface area contributed by atoms with Crippen molar-refractivity contribution >= 4 is 0 Å². The van der Waals surface area contributed by atoms with Crippen LogP contribution < -0.4 is 5.73 Å². The molecule has 0 bridgehead atoms. The van der Waals surface area contributed by atoms with Gasteiger partial charge in [-0.15, -0.1) is 0 Å². The Morgan fingerprint density at radius 3 is 2.35 bits per heavy atom. The molecule has 0 fully saturated rings. The Labute approximate surface area is 120 Å². The van der Waals surface area contributed by atoms with E-state index in [0.29, 0.717) is 0 Å². The fraction of sp³-hybridized carbons (Fsp3) is 0.600. The van der Waals surface area contributed by atoms with E-state index in [9.17, 15) is 0 Å². The normalized spacial score (nSPS) is 12.9. The van der Waals surface area contributed by atoms with Crippen LogP contribution in [0.4, 0.5) is 0 Å². The zero-order valence-electron chi connectivity index (χ0n) is 13.1. The first-order valence-corrected chi connectivity index (χ1v) is 7.12. The van der Waals surface area contributed by atoms with E-state index in [4.69, 9.17) is 5.73 Å². The number of aromatic nitrogens is 4. The average Bonchev–Trinajstić information content (AvgIpc) is 2.78. The molecule has 0 saturated carbocycles. The summed E-state index contributed by atoms with van der Waals surface area (Å²) in [6, 6.07) is 2.27. The summed E-state index contributed by atoms with van der Waals surface area (Å²) in [7, 11) is 3.97.